The van der Waals surface area contributed by atoms with Crippen LogP contribution in [0.1, 0.15) is 18.1 Å². The van der Waals surface area contributed by atoms with Crippen LogP contribution in [0.15, 0.2) is 24.3 Å². The van der Waals surface area contributed by atoms with Crippen molar-refractivity contribution in [3.8, 4) is 6.07 Å². The molecule has 1 saturated heterocycles. The van der Waals surface area contributed by atoms with Crippen molar-refractivity contribution < 1.29 is 13.2 Å². The average molecular weight is 297 g/mol. The Kier molecular flexibility index (Phi) is 4.55. The van der Waals surface area contributed by atoms with E-state index in [1.807, 2.05) is 6.92 Å². The molecule has 1 heterocycles. The number of hydrogen-bond donors (Lipinski definition) is 1. The molecule has 0 aliphatic carbocycles. The van der Waals surface area contributed by atoms with E-state index in [9.17, 15) is 18.4 Å². The normalized spacial score (nSPS) is 19.8. The van der Waals surface area contributed by atoms with Gasteiger partial charge in [-0.3, -0.25) is 4.90 Å². The number of benzene rings is 1. The molecule has 1 fully saturated rings. The summed E-state index contributed by atoms with van der Waals surface area (Å²) in [5, 5.41) is 12.7. The quantitative estimate of drug-likeness (QED) is 0.931. The van der Waals surface area contributed by atoms with Gasteiger partial charge in [-0.05, 0) is 24.6 Å². The lowest BCUT2D eigenvalue weighted by Crippen LogP contribution is -2.55. The first-order chi connectivity index (χ1) is 9.85. The summed E-state index contributed by atoms with van der Waals surface area (Å²) < 4.78 is 37.6. The predicted octanol–water partition coefficient (Wildman–Crippen LogP) is 2.44. The molecule has 21 heavy (non-hydrogen) atoms. The second-order valence-corrected chi connectivity index (χ2v) is 5.49. The number of nitrogens with one attached hydrogen (secondary N) is 1. The molecule has 3 nitrogen and oxygen atoms in total. The Labute approximate surface area is 122 Å². The molecule has 0 spiro atoms. The van der Waals surface area contributed by atoms with Crippen LogP contribution >= 0.6 is 0 Å². The number of hydrogen-bond acceptors (Lipinski definition) is 3. The van der Waals surface area contributed by atoms with E-state index in [1.165, 1.54) is 12.1 Å². The molecule has 6 heteroatoms. The lowest BCUT2D eigenvalue weighted by Gasteiger charge is -2.39. The number of piperazine rings is 1. The van der Waals surface area contributed by atoms with Crippen molar-refractivity contribution in [1.29, 1.82) is 5.26 Å². The first-order valence-electron chi connectivity index (χ1n) is 6.88. The third-order valence-corrected chi connectivity index (χ3v) is 3.89. The van der Waals surface area contributed by atoms with Crippen LogP contribution in [-0.2, 0) is 12.6 Å². The second kappa shape index (κ2) is 6.04. The molecule has 1 N–H and O–H groups in total. The van der Waals surface area contributed by atoms with E-state index in [4.69, 9.17) is 0 Å². The summed E-state index contributed by atoms with van der Waals surface area (Å²) in [6, 6.07) is 7.38. The van der Waals surface area contributed by atoms with Crippen molar-refractivity contribution in [2.45, 2.75) is 25.1 Å². The molecule has 0 amide bonds. The van der Waals surface area contributed by atoms with Gasteiger partial charge in [-0.2, -0.15) is 18.4 Å². The van der Waals surface area contributed by atoms with Gasteiger partial charge < -0.3 is 5.32 Å². The van der Waals surface area contributed by atoms with Crippen LogP contribution in [0.25, 0.3) is 0 Å². The highest BCUT2D eigenvalue weighted by molar-refractivity contribution is 5.27. The molecule has 0 aromatic heterocycles. The van der Waals surface area contributed by atoms with Gasteiger partial charge in [0.25, 0.3) is 0 Å². The SMILES string of the molecule is CC(C#N)(Cc1ccc(C(F)(F)F)cc1)N1CCNCC1. The van der Waals surface area contributed by atoms with Crippen LogP contribution in [0.2, 0.25) is 0 Å². The number of nitrogens with zero attached hydrogens (tertiary/aromatic N) is 2. The molecule has 1 aromatic rings. The van der Waals surface area contributed by atoms with Gasteiger partial charge in [0.1, 0.15) is 5.54 Å². The fourth-order valence-electron chi connectivity index (χ4n) is 2.59. The second-order valence-electron chi connectivity index (χ2n) is 5.49. The highest BCUT2D eigenvalue weighted by Gasteiger charge is 2.34. The Morgan fingerprint density at radius 3 is 2.24 bits per heavy atom. The monoisotopic (exact) mass is 297 g/mol. The fourth-order valence-corrected chi connectivity index (χ4v) is 2.59. The van der Waals surface area contributed by atoms with Crippen molar-refractivity contribution >= 4 is 0 Å². The summed E-state index contributed by atoms with van der Waals surface area (Å²) in [4.78, 5) is 2.08. The Morgan fingerprint density at radius 2 is 1.76 bits per heavy atom. The number of rotatable bonds is 3. The molecular formula is C15H18F3N3. The molecule has 1 aliphatic heterocycles. The first-order valence-corrected chi connectivity index (χ1v) is 6.88. The maximum absolute atomic E-state index is 12.5. The predicted molar refractivity (Wildman–Crippen MR) is 73.6 cm³/mol. The van der Waals surface area contributed by atoms with Gasteiger partial charge in [0.15, 0.2) is 0 Å². The van der Waals surface area contributed by atoms with Gasteiger partial charge in [-0.15, -0.1) is 0 Å². The molecule has 0 saturated carbocycles. The molecule has 114 valence electrons. The van der Waals surface area contributed by atoms with Crippen molar-refractivity contribution in [1.82, 2.24) is 10.2 Å². The molecule has 2 rings (SSSR count). The largest absolute Gasteiger partial charge is 0.416 e. The van der Waals surface area contributed by atoms with E-state index in [0.29, 0.717) is 6.42 Å². The minimum Gasteiger partial charge on any atom is -0.314 e. The maximum Gasteiger partial charge on any atom is 0.416 e. The van der Waals surface area contributed by atoms with E-state index in [1.54, 1.807) is 0 Å². The number of nitriles is 1. The van der Waals surface area contributed by atoms with Crippen molar-refractivity contribution in [3.63, 3.8) is 0 Å². The summed E-state index contributed by atoms with van der Waals surface area (Å²) in [6.07, 6.45) is -3.91. The third kappa shape index (κ3) is 3.74. The van der Waals surface area contributed by atoms with Crippen LogP contribution in [0.4, 0.5) is 13.2 Å². The van der Waals surface area contributed by atoms with Gasteiger partial charge in [0.2, 0.25) is 0 Å². The third-order valence-electron chi connectivity index (χ3n) is 3.89. The average Bonchev–Trinajstić information content (AvgIpc) is 2.47. The zero-order valence-electron chi connectivity index (χ0n) is 11.9. The van der Waals surface area contributed by atoms with Crippen LogP contribution in [0, 0.1) is 11.3 Å². The Hall–Kier alpha value is -1.58. The van der Waals surface area contributed by atoms with Crippen LogP contribution in [-0.4, -0.2) is 36.6 Å². The molecule has 1 unspecified atom stereocenters. The zero-order valence-corrected chi connectivity index (χ0v) is 11.9. The van der Waals surface area contributed by atoms with E-state index in [-0.39, 0.29) is 0 Å². The Bertz CT molecular complexity index is 512. The number of halogens is 3. The minimum atomic E-state index is -4.32. The standard InChI is InChI=1S/C15H18F3N3/c1-14(11-19,21-8-6-20-7-9-21)10-12-2-4-13(5-3-12)15(16,17)18/h2-5,20H,6-10H2,1H3. The summed E-state index contributed by atoms with van der Waals surface area (Å²) in [5.74, 6) is 0. The summed E-state index contributed by atoms with van der Waals surface area (Å²) in [6.45, 7) is 5.03. The van der Waals surface area contributed by atoms with Gasteiger partial charge in [-0.1, -0.05) is 12.1 Å². The van der Waals surface area contributed by atoms with E-state index in [2.05, 4.69) is 16.3 Å². The van der Waals surface area contributed by atoms with Crippen molar-refractivity contribution in [3.05, 3.63) is 35.4 Å². The van der Waals surface area contributed by atoms with Crippen LogP contribution in [0.5, 0.6) is 0 Å². The maximum atomic E-state index is 12.5. The van der Waals surface area contributed by atoms with Crippen LogP contribution < -0.4 is 5.32 Å². The molecule has 0 bridgehead atoms. The van der Waals surface area contributed by atoms with Gasteiger partial charge in [0.05, 0.1) is 11.6 Å². The summed E-state index contributed by atoms with van der Waals surface area (Å²) >= 11 is 0. The smallest absolute Gasteiger partial charge is 0.314 e. The number of alkyl halides is 3. The van der Waals surface area contributed by atoms with Gasteiger partial charge >= 0.3 is 6.18 Å². The lowest BCUT2D eigenvalue weighted by molar-refractivity contribution is -0.137. The van der Waals surface area contributed by atoms with Gasteiger partial charge in [0, 0.05) is 32.6 Å². The van der Waals surface area contributed by atoms with Crippen LogP contribution in [0.3, 0.4) is 0 Å². The minimum absolute atomic E-state index is 0.418. The van der Waals surface area contributed by atoms with E-state index in [0.717, 1.165) is 43.9 Å². The molecular weight excluding hydrogens is 279 g/mol. The Morgan fingerprint density at radius 1 is 1.19 bits per heavy atom. The zero-order chi connectivity index (χ0) is 15.5. The highest BCUT2D eigenvalue weighted by Crippen LogP contribution is 2.30. The summed E-state index contributed by atoms with van der Waals surface area (Å²) in [5.41, 5.74) is -0.611. The van der Waals surface area contributed by atoms with Crippen molar-refractivity contribution in [2.75, 3.05) is 26.2 Å². The Balaban J connectivity index is 2.13. The highest BCUT2D eigenvalue weighted by atomic mass is 19.4. The first kappa shape index (κ1) is 15.8. The fraction of sp³-hybridized carbons (Fsp3) is 0.533. The van der Waals surface area contributed by atoms with Gasteiger partial charge in [-0.25, -0.2) is 0 Å². The lowest BCUT2D eigenvalue weighted by atomic mass is 9.91. The molecule has 0 radical (unpaired) electrons. The molecule has 1 aromatic carbocycles. The van der Waals surface area contributed by atoms with E-state index < -0.39 is 17.3 Å². The molecule has 1 atom stereocenters. The summed E-state index contributed by atoms with van der Waals surface area (Å²) in [7, 11) is 0. The topological polar surface area (TPSA) is 39.1 Å². The van der Waals surface area contributed by atoms with E-state index >= 15 is 0 Å². The van der Waals surface area contributed by atoms with Crippen molar-refractivity contribution in [2.24, 2.45) is 0 Å². The molecule has 1 aliphatic rings.